The van der Waals surface area contributed by atoms with Gasteiger partial charge in [-0.2, -0.15) is 5.26 Å². The van der Waals surface area contributed by atoms with E-state index >= 15 is 0 Å². The highest BCUT2D eigenvalue weighted by atomic mass is 32.1. The lowest BCUT2D eigenvalue weighted by molar-refractivity contribution is 1.16. The smallest absolute Gasteiger partial charge is 0.0669 e. The van der Waals surface area contributed by atoms with Gasteiger partial charge in [0.05, 0.1) is 12.5 Å². The molecular formula is C9H9NS. The highest BCUT2D eigenvalue weighted by Crippen LogP contribution is 2.16. The second-order valence-electron chi connectivity index (χ2n) is 2.40. The van der Waals surface area contributed by atoms with Gasteiger partial charge in [-0.3, -0.25) is 0 Å². The molecule has 0 aliphatic heterocycles. The van der Waals surface area contributed by atoms with Crippen LogP contribution in [0.25, 0.3) is 0 Å². The lowest BCUT2D eigenvalue weighted by Crippen LogP contribution is -1.87. The van der Waals surface area contributed by atoms with Crippen LogP contribution in [0.3, 0.4) is 0 Å². The molecule has 2 heteroatoms. The molecule has 0 radical (unpaired) electrons. The first-order chi connectivity index (χ1) is 5.25. The van der Waals surface area contributed by atoms with Crippen molar-refractivity contribution in [3.63, 3.8) is 0 Å². The second-order valence-corrected chi connectivity index (χ2v) is 2.88. The van der Waals surface area contributed by atoms with E-state index < -0.39 is 0 Å². The average molecular weight is 163 g/mol. The van der Waals surface area contributed by atoms with E-state index in [1.807, 2.05) is 25.1 Å². The molecule has 0 saturated carbocycles. The summed E-state index contributed by atoms with van der Waals surface area (Å²) in [5.41, 5.74) is 2.18. The summed E-state index contributed by atoms with van der Waals surface area (Å²) >= 11 is 4.25. The Kier molecular flexibility index (Phi) is 2.56. The van der Waals surface area contributed by atoms with Crippen LogP contribution in [0, 0.1) is 18.3 Å². The molecule has 0 spiro atoms. The van der Waals surface area contributed by atoms with Crippen LogP contribution in [0.2, 0.25) is 0 Å². The minimum absolute atomic E-state index is 0.472. The summed E-state index contributed by atoms with van der Waals surface area (Å²) in [6, 6.07) is 7.92. The summed E-state index contributed by atoms with van der Waals surface area (Å²) in [5, 5.41) is 8.46. The van der Waals surface area contributed by atoms with Crippen LogP contribution in [0.4, 0.5) is 0 Å². The first-order valence-electron chi connectivity index (χ1n) is 3.40. The number of nitrogens with zero attached hydrogens (tertiary/aromatic N) is 1. The monoisotopic (exact) mass is 163 g/mol. The Morgan fingerprint density at radius 3 is 2.91 bits per heavy atom. The van der Waals surface area contributed by atoms with Gasteiger partial charge in [0, 0.05) is 4.90 Å². The highest BCUT2D eigenvalue weighted by Gasteiger charge is 1.98. The molecule has 0 saturated heterocycles. The van der Waals surface area contributed by atoms with Crippen molar-refractivity contribution in [3.05, 3.63) is 29.3 Å². The fourth-order valence-electron chi connectivity index (χ4n) is 0.947. The van der Waals surface area contributed by atoms with Crippen molar-refractivity contribution in [2.24, 2.45) is 0 Å². The first kappa shape index (κ1) is 8.16. The fraction of sp³-hybridized carbons (Fsp3) is 0.222. The van der Waals surface area contributed by atoms with Gasteiger partial charge in [0.2, 0.25) is 0 Å². The summed E-state index contributed by atoms with van der Waals surface area (Å²) in [6.07, 6.45) is 0.472. The van der Waals surface area contributed by atoms with E-state index in [9.17, 15) is 0 Å². The molecule has 56 valence electrons. The second kappa shape index (κ2) is 3.45. The SMILES string of the molecule is Cc1c(S)cccc1CC#N. The molecule has 0 N–H and O–H groups in total. The third-order valence-corrected chi connectivity index (χ3v) is 2.17. The number of rotatable bonds is 1. The average Bonchev–Trinajstić information content (AvgIpc) is 1.99. The Hall–Kier alpha value is -0.940. The third-order valence-electron chi connectivity index (χ3n) is 1.69. The minimum Gasteiger partial charge on any atom is -0.198 e. The van der Waals surface area contributed by atoms with Gasteiger partial charge in [0.25, 0.3) is 0 Å². The van der Waals surface area contributed by atoms with E-state index in [0.29, 0.717) is 6.42 Å². The van der Waals surface area contributed by atoms with Gasteiger partial charge in [-0.15, -0.1) is 12.6 Å². The van der Waals surface area contributed by atoms with Gasteiger partial charge in [-0.25, -0.2) is 0 Å². The molecule has 0 atom stereocenters. The summed E-state index contributed by atoms with van der Waals surface area (Å²) in [6.45, 7) is 1.98. The van der Waals surface area contributed by atoms with Gasteiger partial charge >= 0.3 is 0 Å². The molecule has 0 unspecified atom stereocenters. The zero-order valence-electron chi connectivity index (χ0n) is 6.33. The molecule has 0 bridgehead atoms. The maximum atomic E-state index is 8.46. The van der Waals surface area contributed by atoms with Crippen molar-refractivity contribution in [1.29, 1.82) is 5.26 Å². The topological polar surface area (TPSA) is 23.8 Å². The van der Waals surface area contributed by atoms with Crippen LogP contribution in [0.15, 0.2) is 23.1 Å². The molecule has 0 aliphatic rings. The zero-order valence-corrected chi connectivity index (χ0v) is 7.23. The normalized spacial score (nSPS) is 9.18. The molecule has 0 aromatic heterocycles. The first-order valence-corrected chi connectivity index (χ1v) is 3.85. The van der Waals surface area contributed by atoms with Gasteiger partial charge in [-0.05, 0) is 24.1 Å². The van der Waals surface area contributed by atoms with E-state index in [-0.39, 0.29) is 0 Å². The quantitative estimate of drug-likeness (QED) is 0.631. The Morgan fingerprint density at radius 2 is 2.27 bits per heavy atom. The molecule has 1 aromatic rings. The van der Waals surface area contributed by atoms with E-state index in [4.69, 9.17) is 5.26 Å². The summed E-state index contributed by atoms with van der Waals surface area (Å²) in [5.74, 6) is 0. The molecule has 0 amide bonds. The van der Waals surface area contributed by atoms with Crippen molar-refractivity contribution >= 4 is 12.6 Å². The molecule has 0 fully saturated rings. The van der Waals surface area contributed by atoms with Gasteiger partial charge in [0.15, 0.2) is 0 Å². The van der Waals surface area contributed by atoms with Crippen molar-refractivity contribution < 1.29 is 0 Å². The Labute approximate surface area is 72.1 Å². The van der Waals surface area contributed by atoms with Gasteiger partial charge < -0.3 is 0 Å². The number of hydrogen-bond acceptors (Lipinski definition) is 2. The Morgan fingerprint density at radius 1 is 1.55 bits per heavy atom. The summed E-state index contributed by atoms with van der Waals surface area (Å²) in [7, 11) is 0. The predicted molar refractivity (Wildman–Crippen MR) is 47.7 cm³/mol. The Balaban J connectivity index is 3.08. The van der Waals surface area contributed by atoms with E-state index in [1.165, 1.54) is 0 Å². The molecule has 1 rings (SSSR count). The largest absolute Gasteiger partial charge is 0.198 e. The van der Waals surface area contributed by atoms with E-state index in [1.54, 1.807) is 0 Å². The van der Waals surface area contributed by atoms with Crippen LogP contribution in [-0.4, -0.2) is 0 Å². The van der Waals surface area contributed by atoms with Crippen LogP contribution in [0.5, 0.6) is 0 Å². The van der Waals surface area contributed by atoms with Crippen molar-refractivity contribution in [2.45, 2.75) is 18.2 Å². The number of hydrogen-bond donors (Lipinski definition) is 1. The van der Waals surface area contributed by atoms with Crippen molar-refractivity contribution in [2.75, 3.05) is 0 Å². The fourth-order valence-corrected chi connectivity index (χ4v) is 1.18. The molecule has 1 nitrogen and oxygen atoms in total. The van der Waals surface area contributed by atoms with Crippen LogP contribution in [0.1, 0.15) is 11.1 Å². The van der Waals surface area contributed by atoms with Crippen LogP contribution >= 0.6 is 12.6 Å². The highest BCUT2D eigenvalue weighted by molar-refractivity contribution is 7.80. The number of thiol groups is 1. The van der Waals surface area contributed by atoms with Gasteiger partial charge in [0.1, 0.15) is 0 Å². The summed E-state index contributed by atoms with van der Waals surface area (Å²) in [4.78, 5) is 0.956. The molecule has 11 heavy (non-hydrogen) atoms. The maximum Gasteiger partial charge on any atom is 0.0669 e. The van der Waals surface area contributed by atoms with Gasteiger partial charge in [-0.1, -0.05) is 12.1 Å². The Bertz CT molecular complexity index is 299. The van der Waals surface area contributed by atoms with Crippen LogP contribution in [-0.2, 0) is 6.42 Å². The predicted octanol–water partition coefficient (Wildman–Crippen LogP) is 2.35. The summed E-state index contributed by atoms with van der Waals surface area (Å²) < 4.78 is 0. The van der Waals surface area contributed by atoms with E-state index in [0.717, 1.165) is 16.0 Å². The lowest BCUT2D eigenvalue weighted by atomic mass is 10.1. The third kappa shape index (κ3) is 1.75. The van der Waals surface area contributed by atoms with Crippen LogP contribution < -0.4 is 0 Å². The standard InChI is InChI=1S/C9H9NS/c1-7-8(5-6-10)3-2-4-9(7)11/h2-4,11H,5H2,1H3. The number of nitriles is 1. The lowest BCUT2D eigenvalue weighted by Gasteiger charge is -2.02. The zero-order chi connectivity index (χ0) is 8.27. The van der Waals surface area contributed by atoms with Crippen molar-refractivity contribution in [3.8, 4) is 6.07 Å². The minimum atomic E-state index is 0.472. The molecular weight excluding hydrogens is 154 g/mol. The molecule has 1 aromatic carbocycles. The van der Waals surface area contributed by atoms with E-state index in [2.05, 4.69) is 18.7 Å². The molecule has 0 heterocycles. The molecule has 0 aliphatic carbocycles. The number of benzene rings is 1. The maximum absolute atomic E-state index is 8.46. The van der Waals surface area contributed by atoms with Crippen molar-refractivity contribution in [1.82, 2.24) is 0 Å².